The Morgan fingerprint density at radius 1 is 1.00 bits per heavy atom. The number of hydrogen-bond donors (Lipinski definition) is 0. The molecule has 2 aromatic rings. The summed E-state index contributed by atoms with van der Waals surface area (Å²) in [5, 5.41) is -0.434. The summed E-state index contributed by atoms with van der Waals surface area (Å²) in [4.78, 5) is 0. The van der Waals surface area contributed by atoms with E-state index in [0.717, 1.165) is 0 Å². The normalized spacial score (nSPS) is 11.4. The second kappa shape index (κ2) is 5.09. The van der Waals surface area contributed by atoms with Crippen molar-refractivity contribution >= 4 is 11.6 Å². The van der Waals surface area contributed by atoms with E-state index in [0.29, 0.717) is 12.1 Å². The van der Waals surface area contributed by atoms with Gasteiger partial charge in [0, 0.05) is 0 Å². The fraction of sp³-hybridized carbons (Fsp3) is 0.0769. The van der Waals surface area contributed by atoms with E-state index in [1.807, 2.05) is 0 Å². The minimum atomic E-state index is -4.66. The van der Waals surface area contributed by atoms with Crippen molar-refractivity contribution in [2.24, 2.45) is 0 Å². The van der Waals surface area contributed by atoms with E-state index >= 15 is 0 Å². The minimum Gasteiger partial charge on any atom is -0.453 e. The van der Waals surface area contributed by atoms with Crippen LogP contribution >= 0.6 is 11.6 Å². The molecule has 0 amide bonds. The van der Waals surface area contributed by atoms with Crippen LogP contribution in [0.4, 0.5) is 17.6 Å². The Balaban J connectivity index is 2.38. The zero-order valence-electron chi connectivity index (χ0n) is 9.34. The Kier molecular flexibility index (Phi) is 3.66. The molecule has 0 saturated carbocycles. The van der Waals surface area contributed by atoms with Gasteiger partial charge in [0.15, 0.2) is 11.6 Å². The van der Waals surface area contributed by atoms with Crippen molar-refractivity contribution in [2.75, 3.05) is 0 Å². The van der Waals surface area contributed by atoms with Crippen LogP contribution in [0.1, 0.15) is 5.56 Å². The van der Waals surface area contributed by atoms with Crippen LogP contribution in [0.5, 0.6) is 11.5 Å². The lowest BCUT2D eigenvalue weighted by Gasteiger charge is -2.12. The fourth-order valence-corrected chi connectivity index (χ4v) is 1.67. The number of hydrogen-bond acceptors (Lipinski definition) is 1. The number of para-hydroxylation sites is 1. The lowest BCUT2D eigenvalue weighted by molar-refractivity contribution is -0.137. The predicted molar refractivity (Wildman–Crippen MR) is 62.9 cm³/mol. The quantitative estimate of drug-likeness (QED) is 0.683. The maximum absolute atomic E-state index is 13.6. The zero-order valence-corrected chi connectivity index (χ0v) is 10.1. The summed E-state index contributed by atoms with van der Waals surface area (Å²) in [6.45, 7) is 0. The van der Waals surface area contributed by atoms with Gasteiger partial charge in [0.2, 0.25) is 0 Å². The molecular weight excluding hydrogens is 284 g/mol. The monoisotopic (exact) mass is 290 g/mol. The third-order valence-electron chi connectivity index (χ3n) is 2.29. The molecule has 100 valence electrons. The van der Waals surface area contributed by atoms with Crippen LogP contribution in [0.2, 0.25) is 5.02 Å². The van der Waals surface area contributed by atoms with Crippen molar-refractivity contribution in [1.82, 2.24) is 0 Å². The van der Waals surface area contributed by atoms with Crippen LogP contribution < -0.4 is 4.74 Å². The Bertz CT molecular complexity index is 558. The predicted octanol–water partition coefficient (Wildman–Crippen LogP) is 5.29. The average Bonchev–Trinajstić information content (AvgIpc) is 2.33. The number of ether oxygens (including phenoxy) is 1. The molecule has 0 spiro atoms. The van der Waals surface area contributed by atoms with Gasteiger partial charge in [-0.05, 0) is 24.3 Å². The van der Waals surface area contributed by atoms with Gasteiger partial charge in [-0.15, -0.1) is 0 Å². The molecule has 0 atom stereocenters. The smallest absolute Gasteiger partial charge is 0.416 e. The second-order valence-electron chi connectivity index (χ2n) is 3.68. The summed E-state index contributed by atoms with van der Waals surface area (Å²) in [7, 11) is 0. The van der Waals surface area contributed by atoms with E-state index in [1.165, 1.54) is 12.1 Å². The third kappa shape index (κ3) is 3.17. The van der Waals surface area contributed by atoms with Crippen molar-refractivity contribution < 1.29 is 22.3 Å². The van der Waals surface area contributed by atoms with Gasteiger partial charge in [-0.25, -0.2) is 4.39 Å². The van der Waals surface area contributed by atoms with Gasteiger partial charge < -0.3 is 4.74 Å². The Hall–Kier alpha value is -1.75. The molecule has 0 radical (unpaired) electrons. The maximum Gasteiger partial charge on any atom is 0.416 e. The molecule has 19 heavy (non-hydrogen) atoms. The lowest BCUT2D eigenvalue weighted by atomic mass is 10.2. The lowest BCUT2D eigenvalue weighted by Crippen LogP contribution is -2.06. The topological polar surface area (TPSA) is 9.23 Å². The van der Waals surface area contributed by atoms with E-state index in [2.05, 4.69) is 0 Å². The van der Waals surface area contributed by atoms with Crippen LogP contribution in [-0.2, 0) is 6.18 Å². The molecule has 0 aromatic heterocycles. The highest BCUT2D eigenvalue weighted by atomic mass is 35.5. The molecule has 0 heterocycles. The molecule has 2 aromatic carbocycles. The summed E-state index contributed by atoms with van der Waals surface area (Å²) < 4.78 is 56.1. The first kappa shape index (κ1) is 13.7. The van der Waals surface area contributed by atoms with Gasteiger partial charge >= 0.3 is 6.18 Å². The molecule has 2 rings (SSSR count). The highest BCUT2D eigenvalue weighted by molar-refractivity contribution is 6.32. The molecular formula is C13H7ClF4O. The average molecular weight is 291 g/mol. The van der Waals surface area contributed by atoms with E-state index < -0.39 is 28.3 Å². The highest BCUT2D eigenvalue weighted by Gasteiger charge is 2.32. The SMILES string of the molecule is Fc1cc(C(F)(F)F)cc(Cl)c1Oc1ccccc1. The Labute approximate surface area is 111 Å². The van der Waals surface area contributed by atoms with Gasteiger partial charge in [-0.2, -0.15) is 13.2 Å². The number of benzene rings is 2. The van der Waals surface area contributed by atoms with Crippen LogP contribution in [0.25, 0.3) is 0 Å². The molecule has 0 unspecified atom stereocenters. The molecule has 0 fully saturated rings. The Morgan fingerprint density at radius 2 is 1.63 bits per heavy atom. The third-order valence-corrected chi connectivity index (χ3v) is 2.57. The standard InChI is InChI=1S/C13H7ClF4O/c14-10-6-8(13(16,17)18)7-11(15)12(10)19-9-4-2-1-3-5-9/h1-7H. The number of alkyl halides is 3. The van der Waals surface area contributed by atoms with Gasteiger partial charge in [0.25, 0.3) is 0 Å². The molecule has 0 aliphatic rings. The molecule has 0 N–H and O–H groups in total. The van der Waals surface area contributed by atoms with E-state index in [1.54, 1.807) is 18.2 Å². The molecule has 1 nitrogen and oxygen atoms in total. The molecule has 6 heteroatoms. The van der Waals surface area contributed by atoms with Crippen molar-refractivity contribution in [3.63, 3.8) is 0 Å². The number of rotatable bonds is 2. The van der Waals surface area contributed by atoms with Crippen LogP contribution in [0.15, 0.2) is 42.5 Å². The van der Waals surface area contributed by atoms with E-state index in [-0.39, 0.29) is 5.75 Å². The van der Waals surface area contributed by atoms with Crippen molar-refractivity contribution in [3.8, 4) is 11.5 Å². The van der Waals surface area contributed by atoms with Crippen molar-refractivity contribution in [1.29, 1.82) is 0 Å². The zero-order chi connectivity index (χ0) is 14.0. The molecule has 0 bridgehead atoms. The summed E-state index contributed by atoms with van der Waals surface area (Å²) >= 11 is 5.63. The van der Waals surface area contributed by atoms with Gasteiger partial charge in [-0.1, -0.05) is 29.8 Å². The summed E-state index contributed by atoms with van der Waals surface area (Å²) in [5.41, 5.74) is -1.16. The van der Waals surface area contributed by atoms with E-state index in [9.17, 15) is 17.6 Å². The summed E-state index contributed by atoms with van der Waals surface area (Å²) in [6, 6.07) is 9.06. The maximum atomic E-state index is 13.6. The van der Waals surface area contributed by atoms with Crippen LogP contribution in [0, 0.1) is 5.82 Å². The Morgan fingerprint density at radius 3 is 2.16 bits per heavy atom. The molecule has 0 aliphatic carbocycles. The first-order valence-electron chi connectivity index (χ1n) is 5.17. The molecule has 0 saturated heterocycles. The first-order valence-corrected chi connectivity index (χ1v) is 5.55. The highest BCUT2D eigenvalue weighted by Crippen LogP contribution is 2.38. The van der Waals surface area contributed by atoms with Gasteiger partial charge in [0.05, 0.1) is 10.6 Å². The van der Waals surface area contributed by atoms with Gasteiger partial charge in [0.1, 0.15) is 5.75 Å². The van der Waals surface area contributed by atoms with Crippen LogP contribution in [-0.4, -0.2) is 0 Å². The minimum absolute atomic E-state index is 0.281. The largest absolute Gasteiger partial charge is 0.453 e. The van der Waals surface area contributed by atoms with Gasteiger partial charge in [-0.3, -0.25) is 0 Å². The van der Waals surface area contributed by atoms with Crippen molar-refractivity contribution in [3.05, 3.63) is 58.9 Å². The second-order valence-corrected chi connectivity index (χ2v) is 4.09. The van der Waals surface area contributed by atoms with Crippen LogP contribution in [0.3, 0.4) is 0 Å². The van der Waals surface area contributed by atoms with E-state index in [4.69, 9.17) is 16.3 Å². The number of halogens is 5. The summed E-state index contributed by atoms with van der Waals surface area (Å²) in [5.74, 6) is -1.31. The van der Waals surface area contributed by atoms with Crippen molar-refractivity contribution in [2.45, 2.75) is 6.18 Å². The summed E-state index contributed by atoms with van der Waals surface area (Å²) in [6.07, 6.45) is -4.66. The first-order chi connectivity index (χ1) is 8.88. The molecule has 0 aliphatic heterocycles. The fourth-order valence-electron chi connectivity index (χ4n) is 1.43.